The van der Waals surface area contributed by atoms with Gasteiger partial charge in [-0.25, -0.2) is 0 Å². The van der Waals surface area contributed by atoms with Crippen molar-refractivity contribution in [1.29, 1.82) is 0 Å². The molecule has 0 aromatic rings. The van der Waals surface area contributed by atoms with Crippen LogP contribution in [0.25, 0.3) is 0 Å². The second-order valence-corrected chi connectivity index (χ2v) is 4.39. The molecule has 0 aromatic heterocycles. The Morgan fingerprint density at radius 2 is 1.94 bits per heavy atom. The van der Waals surface area contributed by atoms with Crippen LogP contribution in [0.1, 0.15) is 32.6 Å². The maximum Gasteiger partial charge on any atom is 0.307 e. The van der Waals surface area contributed by atoms with Crippen molar-refractivity contribution >= 4 is 11.9 Å². The lowest BCUT2D eigenvalue weighted by Crippen LogP contribution is -2.42. The lowest BCUT2D eigenvalue weighted by Gasteiger charge is -2.31. The second-order valence-electron chi connectivity index (χ2n) is 4.39. The van der Waals surface area contributed by atoms with Crippen LogP contribution < -0.4 is 0 Å². The number of hydrogen-bond acceptors (Lipinski definition) is 2. The van der Waals surface area contributed by atoms with Crippen LogP contribution in [0.5, 0.6) is 0 Å². The minimum Gasteiger partial charge on any atom is -0.481 e. The number of amides is 1. The summed E-state index contributed by atoms with van der Waals surface area (Å²) in [5.41, 5.74) is 0. The number of rotatable bonds is 4. The van der Waals surface area contributed by atoms with E-state index in [0.717, 1.165) is 12.8 Å². The smallest absolute Gasteiger partial charge is 0.307 e. The van der Waals surface area contributed by atoms with Crippen LogP contribution in [0.3, 0.4) is 0 Å². The lowest BCUT2D eigenvalue weighted by atomic mass is 9.78. The van der Waals surface area contributed by atoms with E-state index in [9.17, 15) is 9.59 Å². The van der Waals surface area contributed by atoms with Gasteiger partial charge >= 0.3 is 5.97 Å². The van der Waals surface area contributed by atoms with E-state index >= 15 is 0 Å². The van der Waals surface area contributed by atoms with E-state index < -0.39 is 17.8 Å². The van der Waals surface area contributed by atoms with Gasteiger partial charge in [-0.15, -0.1) is 6.42 Å². The fraction of sp³-hybridized carbons (Fsp3) is 0.692. The molecule has 0 aromatic carbocycles. The number of carboxylic acid groups (broad SMARTS) is 1. The molecule has 1 amide bonds. The molecule has 1 saturated carbocycles. The Balaban J connectivity index is 2.77. The molecule has 94 valence electrons. The second kappa shape index (κ2) is 6.29. The maximum absolute atomic E-state index is 12.2. The molecule has 2 unspecified atom stereocenters. The molecular formula is C13H19NO3. The third-order valence-corrected chi connectivity index (χ3v) is 3.38. The van der Waals surface area contributed by atoms with Crippen LogP contribution in [0, 0.1) is 24.2 Å². The highest BCUT2D eigenvalue weighted by molar-refractivity contribution is 5.85. The van der Waals surface area contributed by atoms with E-state index in [1.54, 1.807) is 4.90 Å². The fourth-order valence-corrected chi connectivity index (χ4v) is 2.41. The van der Waals surface area contributed by atoms with Crippen LogP contribution in [-0.2, 0) is 9.59 Å². The molecule has 4 heteroatoms. The Labute approximate surface area is 102 Å². The largest absolute Gasteiger partial charge is 0.481 e. The summed E-state index contributed by atoms with van der Waals surface area (Å²) in [6.45, 7) is 2.65. The topological polar surface area (TPSA) is 57.6 Å². The first-order valence-electron chi connectivity index (χ1n) is 6.06. The SMILES string of the molecule is C#CCN(CC)C(=O)C1CCCCC1C(=O)O. The maximum atomic E-state index is 12.2. The number of carbonyl (C=O) groups excluding carboxylic acids is 1. The molecule has 1 N–H and O–H groups in total. The summed E-state index contributed by atoms with van der Waals surface area (Å²) in [6, 6.07) is 0. The quantitative estimate of drug-likeness (QED) is 0.751. The van der Waals surface area contributed by atoms with Crippen molar-refractivity contribution in [3.63, 3.8) is 0 Å². The summed E-state index contributed by atoms with van der Waals surface area (Å²) in [5.74, 6) is 0.547. The molecule has 0 saturated heterocycles. The average Bonchev–Trinajstić information content (AvgIpc) is 2.35. The first-order valence-corrected chi connectivity index (χ1v) is 6.06. The molecule has 0 spiro atoms. The van der Waals surface area contributed by atoms with E-state index in [2.05, 4.69) is 5.92 Å². The zero-order valence-electron chi connectivity index (χ0n) is 10.2. The number of terminal acetylenes is 1. The molecule has 2 atom stereocenters. The van der Waals surface area contributed by atoms with Gasteiger partial charge in [0.15, 0.2) is 0 Å². The molecular weight excluding hydrogens is 218 g/mol. The first kappa shape index (κ1) is 13.6. The van der Waals surface area contributed by atoms with Crippen LogP contribution in [-0.4, -0.2) is 35.0 Å². The molecule has 1 rings (SSSR count). The van der Waals surface area contributed by atoms with Crippen molar-refractivity contribution in [1.82, 2.24) is 4.90 Å². The van der Waals surface area contributed by atoms with Crippen LogP contribution in [0.15, 0.2) is 0 Å². The standard InChI is InChI=1S/C13H19NO3/c1-3-9-14(4-2)12(15)10-7-5-6-8-11(10)13(16)17/h1,10-11H,4-9H2,2H3,(H,16,17). The van der Waals surface area contributed by atoms with Gasteiger partial charge < -0.3 is 10.0 Å². The number of hydrogen-bond donors (Lipinski definition) is 1. The highest BCUT2D eigenvalue weighted by Crippen LogP contribution is 2.31. The van der Waals surface area contributed by atoms with Gasteiger partial charge in [0, 0.05) is 6.54 Å². The Hall–Kier alpha value is -1.50. The van der Waals surface area contributed by atoms with Gasteiger partial charge in [0.2, 0.25) is 5.91 Å². The number of carbonyl (C=O) groups is 2. The van der Waals surface area contributed by atoms with Crippen molar-refractivity contribution in [3.05, 3.63) is 0 Å². The number of aliphatic carboxylic acids is 1. The molecule has 0 radical (unpaired) electrons. The molecule has 4 nitrogen and oxygen atoms in total. The van der Waals surface area contributed by atoms with Gasteiger partial charge in [-0.3, -0.25) is 9.59 Å². The first-order chi connectivity index (χ1) is 8.11. The van der Waals surface area contributed by atoms with Gasteiger partial charge in [-0.2, -0.15) is 0 Å². The fourth-order valence-electron chi connectivity index (χ4n) is 2.41. The summed E-state index contributed by atoms with van der Waals surface area (Å²) in [4.78, 5) is 24.9. The molecule has 0 aliphatic heterocycles. The van der Waals surface area contributed by atoms with Crippen molar-refractivity contribution < 1.29 is 14.7 Å². The van der Waals surface area contributed by atoms with Gasteiger partial charge in [0.05, 0.1) is 18.4 Å². The monoisotopic (exact) mass is 237 g/mol. The van der Waals surface area contributed by atoms with Crippen molar-refractivity contribution in [2.75, 3.05) is 13.1 Å². The third kappa shape index (κ3) is 3.23. The van der Waals surface area contributed by atoms with E-state index in [-0.39, 0.29) is 12.5 Å². The van der Waals surface area contributed by atoms with Crippen LogP contribution >= 0.6 is 0 Å². The molecule has 0 bridgehead atoms. The van der Waals surface area contributed by atoms with Gasteiger partial charge in [-0.1, -0.05) is 18.8 Å². The van der Waals surface area contributed by atoms with Crippen LogP contribution in [0.2, 0.25) is 0 Å². The van der Waals surface area contributed by atoms with Gasteiger partial charge in [0.1, 0.15) is 0 Å². The van der Waals surface area contributed by atoms with Crippen molar-refractivity contribution in [3.8, 4) is 12.3 Å². The Bertz CT molecular complexity index is 332. The Morgan fingerprint density at radius 3 is 2.41 bits per heavy atom. The van der Waals surface area contributed by atoms with E-state index in [0.29, 0.717) is 19.4 Å². The summed E-state index contributed by atoms with van der Waals surface area (Å²) >= 11 is 0. The summed E-state index contributed by atoms with van der Waals surface area (Å²) in [6.07, 6.45) is 8.28. The third-order valence-electron chi connectivity index (χ3n) is 3.38. The summed E-state index contributed by atoms with van der Waals surface area (Å²) in [5, 5.41) is 9.13. The van der Waals surface area contributed by atoms with Gasteiger partial charge in [0.25, 0.3) is 0 Å². The summed E-state index contributed by atoms with van der Waals surface area (Å²) in [7, 11) is 0. The average molecular weight is 237 g/mol. The predicted octanol–water partition coefficient (Wildman–Crippen LogP) is 1.36. The number of nitrogens with zero attached hydrogens (tertiary/aromatic N) is 1. The van der Waals surface area contributed by atoms with Crippen LogP contribution in [0.4, 0.5) is 0 Å². The predicted molar refractivity (Wildman–Crippen MR) is 64.2 cm³/mol. The van der Waals surface area contributed by atoms with E-state index in [4.69, 9.17) is 11.5 Å². The molecule has 1 fully saturated rings. The zero-order valence-corrected chi connectivity index (χ0v) is 10.2. The molecule has 17 heavy (non-hydrogen) atoms. The Kier molecular flexibility index (Phi) is 5.02. The number of carboxylic acids is 1. The van der Waals surface area contributed by atoms with Crippen molar-refractivity contribution in [2.45, 2.75) is 32.6 Å². The summed E-state index contributed by atoms with van der Waals surface area (Å²) < 4.78 is 0. The highest BCUT2D eigenvalue weighted by Gasteiger charge is 2.37. The lowest BCUT2D eigenvalue weighted by molar-refractivity contribution is -0.152. The molecule has 1 aliphatic rings. The van der Waals surface area contributed by atoms with E-state index in [1.165, 1.54) is 0 Å². The minimum atomic E-state index is -0.861. The highest BCUT2D eigenvalue weighted by atomic mass is 16.4. The molecule has 1 aliphatic carbocycles. The zero-order chi connectivity index (χ0) is 12.8. The minimum absolute atomic E-state index is 0.0995. The normalized spacial score (nSPS) is 23.8. The van der Waals surface area contributed by atoms with E-state index in [1.807, 2.05) is 6.92 Å². The molecule has 0 heterocycles. The van der Waals surface area contributed by atoms with Crippen molar-refractivity contribution in [2.24, 2.45) is 11.8 Å². The van der Waals surface area contributed by atoms with Gasteiger partial charge in [-0.05, 0) is 19.8 Å². The Morgan fingerprint density at radius 1 is 1.35 bits per heavy atom.